The summed E-state index contributed by atoms with van der Waals surface area (Å²) in [5, 5.41) is 13.5. The highest BCUT2D eigenvalue weighted by Crippen LogP contribution is 2.16. The maximum absolute atomic E-state index is 11.1. The van der Waals surface area contributed by atoms with E-state index in [9.17, 15) is 4.79 Å². The van der Waals surface area contributed by atoms with Gasteiger partial charge in [-0.15, -0.1) is 0 Å². The van der Waals surface area contributed by atoms with E-state index in [1.807, 2.05) is 18.5 Å². The molecule has 0 atom stereocenters. The average molecular weight is 210 g/mol. The van der Waals surface area contributed by atoms with Gasteiger partial charge in [-0.2, -0.15) is 5.10 Å². The number of hydrogen-bond acceptors (Lipinski definition) is 2. The first kappa shape index (κ1) is 11.8. The van der Waals surface area contributed by atoms with E-state index in [1.165, 1.54) is 0 Å². The van der Waals surface area contributed by atoms with Gasteiger partial charge in [-0.3, -0.25) is 4.68 Å². The largest absolute Gasteiger partial charge is 0.478 e. The fourth-order valence-corrected chi connectivity index (χ4v) is 1.80. The lowest BCUT2D eigenvalue weighted by atomic mass is 10.1. The fraction of sp³-hybridized carbons (Fsp3) is 0.636. The monoisotopic (exact) mass is 210 g/mol. The normalized spacial score (nSPS) is 10.6. The number of carbonyl (C=O) groups is 1. The summed E-state index contributed by atoms with van der Waals surface area (Å²) < 4.78 is 1.84. The lowest BCUT2D eigenvalue weighted by Crippen LogP contribution is -2.07. The van der Waals surface area contributed by atoms with Crippen LogP contribution in [-0.2, 0) is 19.4 Å². The standard InChI is InChI=1S/C11H18N2O2/c1-4-7-13-9(6-3)10(11(14)15)8(5-2)12-13/h4-7H2,1-3H3,(H,14,15). The molecule has 4 nitrogen and oxygen atoms in total. The molecule has 4 heteroatoms. The Morgan fingerprint density at radius 1 is 1.33 bits per heavy atom. The summed E-state index contributed by atoms with van der Waals surface area (Å²) in [4.78, 5) is 11.1. The number of hydrogen-bond donors (Lipinski definition) is 1. The van der Waals surface area contributed by atoms with Gasteiger partial charge in [-0.05, 0) is 19.3 Å². The van der Waals surface area contributed by atoms with Crippen LogP contribution in [0, 0.1) is 0 Å². The van der Waals surface area contributed by atoms with Crippen LogP contribution in [0.4, 0.5) is 0 Å². The molecular weight excluding hydrogens is 192 g/mol. The summed E-state index contributed by atoms with van der Waals surface area (Å²) in [5.41, 5.74) is 1.96. The van der Waals surface area contributed by atoms with Crippen LogP contribution in [0.5, 0.6) is 0 Å². The highest BCUT2D eigenvalue weighted by atomic mass is 16.4. The molecule has 15 heavy (non-hydrogen) atoms. The third-order valence-electron chi connectivity index (χ3n) is 2.45. The van der Waals surface area contributed by atoms with Gasteiger partial charge in [0.2, 0.25) is 0 Å². The van der Waals surface area contributed by atoms with E-state index in [-0.39, 0.29) is 0 Å². The van der Waals surface area contributed by atoms with Crippen LogP contribution in [0.3, 0.4) is 0 Å². The summed E-state index contributed by atoms with van der Waals surface area (Å²) in [6.07, 6.45) is 2.36. The Balaban J connectivity index is 3.25. The van der Waals surface area contributed by atoms with E-state index in [1.54, 1.807) is 0 Å². The number of aromatic nitrogens is 2. The molecule has 0 amide bonds. The zero-order valence-electron chi connectivity index (χ0n) is 9.58. The Kier molecular flexibility index (Phi) is 3.88. The van der Waals surface area contributed by atoms with Crippen molar-refractivity contribution in [1.82, 2.24) is 9.78 Å². The number of rotatable bonds is 5. The van der Waals surface area contributed by atoms with E-state index >= 15 is 0 Å². The van der Waals surface area contributed by atoms with Gasteiger partial charge in [0, 0.05) is 6.54 Å². The second kappa shape index (κ2) is 4.96. The molecule has 1 aromatic heterocycles. The average Bonchev–Trinajstić information content (AvgIpc) is 2.56. The molecule has 0 bridgehead atoms. The molecule has 0 fully saturated rings. The van der Waals surface area contributed by atoms with Crippen molar-refractivity contribution in [2.75, 3.05) is 0 Å². The van der Waals surface area contributed by atoms with E-state index in [0.717, 1.165) is 18.7 Å². The second-order valence-electron chi connectivity index (χ2n) is 3.50. The first-order valence-corrected chi connectivity index (χ1v) is 5.47. The Hall–Kier alpha value is -1.32. The minimum Gasteiger partial charge on any atom is -0.478 e. The maximum Gasteiger partial charge on any atom is 0.339 e. The van der Waals surface area contributed by atoms with Gasteiger partial charge in [0.15, 0.2) is 0 Å². The zero-order chi connectivity index (χ0) is 11.4. The predicted molar refractivity (Wildman–Crippen MR) is 58.2 cm³/mol. The minimum atomic E-state index is -0.856. The topological polar surface area (TPSA) is 55.1 Å². The lowest BCUT2D eigenvalue weighted by molar-refractivity contribution is 0.0694. The van der Waals surface area contributed by atoms with Gasteiger partial charge in [0.05, 0.1) is 11.4 Å². The van der Waals surface area contributed by atoms with Crippen LogP contribution in [0.2, 0.25) is 0 Å². The van der Waals surface area contributed by atoms with Crippen molar-refractivity contribution < 1.29 is 9.90 Å². The van der Waals surface area contributed by atoms with Crippen LogP contribution >= 0.6 is 0 Å². The SMILES string of the molecule is CCCn1nc(CC)c(C(=O)O)c1CC. The van der Waals surface area contributed by atoms with Crippen molar-refractivity contribution in [3.05, 3.63) is 17.0 Å². The van der Waals surface area contributed by atoms with Crippen molar-refractivity contribution in [2.24, 2.45) is 0 Å². The lowest BCUT2D eigenvalue weighted by Gasteiger charge is -2.03. The molecule has 0 aliphatic rings. The van der Waals surface area contributed by atoms with Crippen molar-refractivity contribution in [2.45, 2.75) is 46.6 Å². The van der Waals surface area contributed by atoms with Crippen LogP contribution in [0.25, 0.3) is 0 Å². The predicted octanol–water partition coefficient (Wildman–Crippen LogP) is 2.12. The van der Waals surface area contributed by atoms with Gasteiger partial charge in [-0.25, -0.2) is 4.79 Å². The number of aryl methyl sites for hydroxylation is 2. The van der Waals surface area contributed by atoms with Crippen molar-refractivity contribution in [3.63, 3.8) is 0 Å². The summed E-state index contributed by atoms with van der Waals surface area (Å²) in [6, 6.07) is 0. The molecule has 0 radical (unpaired) electrons. The second-order valence-corrected chi connectivity index (χ2v) is 3.50. The minimum absolute atomic E-state index is 0.411. The van der Waals surface area contributed by atoms with Crippen LogP contribution < -0.4 is 0 Å². The smallest absolute Gasteiger partial charge is 0.339 e. The Morgan fingerprint density at radius 3 is 2.40 bits per heavy atom. The molecule has 84 valence electrons. The number of carboxylic acids is 1. The quantitative estimate of drug-likeness (QED) is 0.809. The molecule has 1 N–H and O–H groups in total. The van der Waals surface area contributed by atoms with E-state index in [2.05, 4.69) is 12.0 Å². The first-order valence-electron chi connectivity index (χ1n) is 5.47. The molecule has 0 spiro atoms. The molecule has 0 unspecified atom stereocenters. The zero-order valence-corrected chi connectivity index (χ0v) is 9.58. The number of nitrogens with zero attached hydrogens (tertiary/aromatic N) is 2. The van der Waals surface area contributed by atoms with Gasteiger partial charge in [0.1, 0.15) is 5.56 Å². The van der Waals surface area contributed by atoms with E-state index in [0.29, 0.717) is 24.1 Å². The molecule has 0 aromatic carbocycles. The summed E-state index contributed by atoms with van der Waals surface area (Å²) in [7, 11) is 0. The molecule has 0 aliphatic carbocycles. The van der Waals surface area contributed by atoms with Crippen LogP contribution in [-0.4, -0.2) is 20.9 Å². The van der Waals surface area contributed by atoms with E-state index in [4.69, 9.17) is 5.11 Å². The third kappa shape index (κ3) is 2.19. The fourth-order valence-electron chi connectivity index (χ4n) is 1.80. The van der Waals surface area contributed by atoms with E-state index < -0.39 is 5.97 Å². The number of aromatic carboxylic acids is 1. The molecule has 1 aromatic rings. The Labute approximate surface area is 89.9 Å². The molecule has 0 aliphatic heterocycles. The van der Waals surface area contributed by atoms with Gasteiger partial charge >= 0.3 is 5.97 Å². The molecule has 0 saturated carbocycles. The molecule has 1 rings (SSSR count). The van der Waals surface area contributed by atoms with Crippen LogP contribution in [0.1, 0.15) is 48.9 Å². The first-order chi connectivity index (χ1) is 7.15. The summed E-state index contributed by atoms with van der Waals surface area (Å²) >= 11 is 0. The molecule has 0 saturated heterocycles. The Morgan fingerprint density at radius 2 is 2.00 bits per heavy atom. The Bertz CT molecular complexity index is 356. The van der Waals surface area contributed by atoms with Gasteiger partial charge in [-0.1, -0.05) is 20.8 Å². The van der Waals surface area contributed by atoms with Crippen molar-refractivity contribution in [3.8, 4) is 0 Å². The van der Waals surface area contributed by atoms with Crippen LogP contribution in [0.15, 0.2) is 0 Å². The summed E-state index contributed by atoms with van der Waals surface area (Å²) in [6.45, 7) is 6.76. The highest BCUT2D eigenvalue weighted by Gasteiger charge is 2.20. The third-order valence-corrected chi connectivity index (χ3v) is 2.45. The molecule has 1 heterocycles. The van der Waals surface area contributed by atoms with Gasteiger partial charge < -0.3 is 5.11 Å². The molecular formula is C11H18N2O2. The van der Waals surface area contributed by atoms with Crippen molar-refractivity contribution >= 4 is 5.97 Å². The maximum atomic E-state index is 11.1. The summed E-state index contributed by atoms with van der Waals surface area (Å²) in [5.74, 6) is -0.856. The van der Waals surface area contributed by atoms with Gasteiger partial charge in [0.25, 0.3) is 0 Å². The number of carboxylic acid groups (broad SMARTS) is 1. The highest BCUT2D eigenvalue weighted by molar-refractivity contribution is 5.90. The van der Waals surface area contributed by atoms with Crippen molar-refractivity contribution in [1.29, 1.82) is 0 Å².